The zero-order chi connectivity index (χ0) is 8.10. The van der Waals surface area contributed by atoms with Crippen molar-refractivity contribution < 1.29 is 0 Å². The van der Waals surface area contributed by atoms with Crippen LogP contribution in [0.1, 0.15) is 25.5 Å². The Hall–Kier alpha value is -0.790. The molecule has 0 aromatic carbocycles. The molecule has 2 nitrogen and oxygen atoms in total. The highest BCUT2D eigenvalue weighted by molar-refractivity contribution is 4.98. The number of aromatic nitrogens is 2. The molecule has 0 aliphatic heterocycles. The summed E-state index contributed by atoms with van der Waals surface area (Å²) in [6.45, 7) is 6.97. The maximum absolute atomic E-state index is 4.37. The van der Waals surface area contributed by atoms with Crippen LogP contribution < -0.4 is 0 Å². The molecule has 0 saturated carbocycles. The summed E-state index contributed by atoms with van der Waals surface area (Å²) in [4.78, 5) is 0. The average molecular weight is 151 g/mol. The molecule has 0 fully saturated rings. The molecule has 0 unspecified atom stereocenters. The summed E-state index contributed by atoms with van der Waals surface area (Å²) in [6.07, 6.45) is 5.11. The van der Waals surface area contributed by atoms with Gasteiger partial charge in [0.05, 0.1) is 5.69 Å². The van der Waals surface area contributed by atoms with Crippen LogP contribution in [0.3, 0.4) is 0 Å². The fourth-order valence-electron chi connectivity index (χ4n) is 1.07. The Balaban J connectivity index is 2.51. The first-order chi connectivity index (χ1) is 5.36. The monoisotopic (exact) mass is 151 g/mol. The molecule has 0 saturated heterocycles. The Bertz CT molecular complexity index is 183. The number of aryl methyl sites for hydroxylation is 2. The molecular weight excluding hydrogens is 136 g/mol. The molecule has 1 heterocycles. The van der Waals surface area contributed by atoms with E-state index >= 15 is 0 Å². The first-order valence-corrected chi connectivity index (χ1v) is 4.18. The van der Waals surface area contributed by atoms with Gasteiger partial charge < -0.3 is 0 Å². The first-order valence-electron chi connectivity index (χ1n) is 4.18. The van der Waals surface area contributed by atoms with Crippen molar-refractivity contribution in [3.8, 4) is 0 Å². The topological polar surface area (TPSA) is 17.8 Å². The highest BCUT2D eigenvalue weighted by Gasteiger charge is 1.95. The van der Waals surface area contributed by atoms with E-state index in [-0.39, 0.29) is 0 Å². The minimum absolute atomic E-state index is 0.934. The van der Waals surface area contributed by atoms with Gasteiger partial charge in [-0.1, -0.05) is 13.8 Å². The van der Waals surface area contributed by atoms with Crippen LogP contribution in [-0.4, -0.2) is 9.78 Å². The molecule has 1 aromatic rings. The van der Waals surface area contributed by atoms with Gasteiger partial charge in [-0.15, -0.1) is 0 Å². The lowest BCUT2D eigenvalue weighted by molar-refractivity contribution is 0.594. The Labute approximate surface area is 68.2 Å². The number of nitrogens with zero attached hydrogens (tertiary/aromatic N) is 2. The second-order valence-electron chi connectivity index (χ2n) is 2.67. The SMILES string of the molecule is [CH2]CCc1ccn(CCC)n1. The molecule has 0 amide bonds. The zero-order valence-corrected chi connectivity index (χ0v) is 7.08. The van der Waals surface area contributed by atoms with Crippen LogP contribution in [0, 0.1) is 6.92 Å². The van der Waals surface area contributed by atoms with Gasteiger partial charge in [-0.3, -0.25) is 4.68 Å². The van der Waals surface area contributed by atoms with Crippen molar-refractivity contribution in [1.82, 2.24) is 9.78 Å². The summed E-state index contributed by atoms with van der Waals surface area (Å²) in [6, 6.07) is 2.07. The van der Waals surface area contributed by atoms with Crippen molar-refractivity contribution in [3.05, 3.63) is 24.9 Å². The van der Waals surface area contributed by atoms with Crippen LogP contribution >= 0.6 is 0 Å². The molecule has 2 heteroatoms. The lowest BCUT2D eigenvalue weighted by Gasteiger charge is -1.95. The summed E-state index contributed by atoms with van der Waals surface area (Å²) >= 11 is 0. The molecule has 1 rings (SSSR count). The van der Waals surface area contributed by atoms with Crippen molar-refractivity contribution in [2.75, 3.05) is 0 Å². The molecule has 0 aliphatic carbocycles. The molecule has 0 N–H and O–H groups in total. The molecular formula is C9H15N2. The number of hydrogen-bond donors (Lipinski definition) is 0. The smallest absolute Gasteiger partial charge is 0.0624 e. The van der Waals surface area contributed by atoms with Crippen LogP contribution in [0.4, 0.5) is 0 Å². The van der Waals surface area contributed by atoms with E-state index in [2.05, 4.69) is 25.0 Å². The second kappa shape index (κ2) is 4.16. The molecule has 0 aliphatic rings. The number of rotatable bonds is 4. The van der Waals surface area contributed by atoms with Crippen molar-refractivity contribution in [2.45, 2.75) is 32.7 Å². The fraction of sp³-hybridized carbons (Fsp3) is 0.556. The van der Waals surface area contributed by atoms with Crippen LogP contribution in [0.2, 0.25) is 0 Å². The van der Waals surface area contributed by atoms with E-state index in [1.54, 1.807) is 0 Å². The van der Waals surface area contributed by atoms with Gasteiger partial charge in [0, 0.05) is 12.7 Å². The van der Waals surface area contributed by atoms with Gasteiger partial charge in [0.1, 0.15) is 0 Å². The van der Waals surface area contributed by atoms with E-state index < -0.39 is 0 Å². The van der Waals surface area contributed by atoms with E-state index in [1.165, 1.54) is 0 Å². The molecule has 61 valence electrons. The van der Waals surface area contributed by atoms with Crippen LogP contribution in [0.25, 0.3) is 0 Å². The third-order valence-electron chi connectivity index (χ3n) is 1.58. The van der Waals surface area contributed by atoms with Crippen molar-refractivity contribution in [1.29, 1.82) is 0 Å². The zero-order valence-electron chi connectivity index (χ0n) is 7.08. The maximum Gasteiger partial charge on any atom is 0.0624 e. The third kappa shape index (κ3) is 2.37. The molecule has 11 heavy (non-hydrogen) atoms. The predicted octanol–water partition coefficient (Wildman–Crippen LogP) is 2.06. The standard InChI is InChI=1S/C9H15N2/c1-3-5-9-6-8-11(10-9)7-4-2/h6,8H,1,3-5,7H2,2H3. The van der Waals surface area contributed by atoms with Crippen LogP contribution in [0.5, 0.6) is 0 Å². The van der Waals surface area contributed by atoms with Crippen LogP contribution in [-0.2, 0) is 13.0 Å². The van der Waals surface area contributed by atoms with Crippen molar-refractivity contribution in [2.24, 2.45) is 0 Å². The minimum atomic E-state index is 0.934. The van der Waals surface area contributed by atoms with E-state index in [9.17, 15) is 0 Å². The average Bonchev–Trinajstić information content (AvgIpc) is 2.38. The molecule has 0 bridgehead atoms. The Morgan fingerprint density at radius 2 is 2.45 bits per heavy atom. The normalized spacial score (nSPS) is 10.4. The molecule has 0 atom stereocenters. The molecule has 1 aromatic heterocycles. The second-order valence-corrected chi connectivity index (χ2v) is 2.67. The Morgan fingerprint density at radius 1 is 1.64 bits per heavy atom. The predicted molar refractivity (Wildman–Crippen MR) is 46.2 cm³/mol. The maximum atomic E-state index is 4.37. The summed E-state index contributed by atoms with van der Waals surface area (Å²) < 4.78 is 1.99. The fourth-order valence-corrected chi connectivity index (χ4v) is 1.07. The van der Waals surface area contributed by atoms with Gasteiger partial charge in [0.25, 0.3) is 0 Å². The number of hydrogen-bond acceptors (Lipinski definition) is 1. The van der Waals surface area contributed by atoms with Gasteiger partial charge in [-0.05, 0) is 25.3 Å². The van der Waals surface area contributed by atoms with E-state index in [4.69, 9.17) is 0 Å². The summed E-state index contributed by atoms with van der Waals surface area (Å²) in [5.41, 5.74) is 1.16. The van der Waals surface area contributed by atoms with Crippen molar-refractivity contribution >= 4 is 0 Å². The molecule has 1 radical (unpaired) electrons. The minimum Gasteiger partial charge on any atom is -0.273 e. The van der Waals surface area contributed by atoms with E-state index in [0.29, 0.717) is 0 Å². The lowest BCUT2D eigenvalue weighted by atomic mass is 10.3. The Morgan fingerprint density at radius 3 is 3.09 bits per heavy atom. The van der Waals surface area contributed by atoms with Gasteiger partial charge >= 0.3 is 0 Å². The van der Waals surface area contributed by atoms with E-state index in [1.807, 2.05) is 10.9 Å². The van der Waals surface area contributed by atoms with Gasteiger partial charge in [0.15, 0.2) is 0 Å². The summed E-state index contributed by atoms with van der Waals surface area (Å²) in [5.74, 6) is 0. The quantitative estimate of drug-likeness (QED) is 0.644. The third-order valence-corrected chi connectivity index (χ3v) is 1.58. The van der Waals surface area contributed by atoms with Crippen molar-refractivity contribution in [3.63, 3.8) is 0 Å². The van der Waals surface area contributed by atoms with Crippen LogP contribution in [0.15, 0.2) is 12.3 Å². The Kier molecular flexibility index (Phi) is 3.14. The largest absolute Gasteiger partial charge is 0.273 e. The summed E-state index contributed by atoms with van der Waals surface area (Å²) in [7, 11) is 0. The molecule has 0 spiro atoms. The van der Waals surface area contributed by atoms with Gasteiger partial charge in [-0.25, -0.2) is 0 Å². The van der Waals surface area contributed by atoms with Gasteiger partial charge in [0.2, 0.25) is 0 Å². The highest BCUT2D eigenvalue weighted by Crippen LogP contribution is 1.99. The highest BCUT2D eigenvalue weighted by atomic mass is 15.3. The van der Waals surface area contributed by atoms with Gasteiger partial charge in [-0.2, -0.15) is 5.10 Å². The summed E-state index contributed by atoms with van der Waals surface area (Å²) in [5, 5.41) is 4.37. The first kappa shape index (κ1) is 8.31. The lowest BCUT2D eigenvalue weighted by Crippen LogP contribution is -1.97. The van der Waals surface area contributed by atoms with E-state index in [0.717, 1.165) is 31.5 Å².